The second kappa shape index (κ2) is 4.55. The number of rotatable bonds is 2. The molecule has 1 aliphatic rings. The molecule has 1 saturated heterocycles. The summed E-state index contributed by atoms with van der Waals surface area (Å²) in [5.74, 6) is -0.921. The van der Waals surface area contributed by atoms with Gasteiger partial charge in [-0.3, -0.25) is 14.5 Å². The summed E-state index contributed by atoms with van der Waals surface area (Å²) in [6, 6.07) is -0.168. The third kappa shape index (κ3) is 2.12. The molecule has 0 aromatic carbocycles. The van der Waals surface area contributed by atoms with Crippen molar-refractivity contribution >= 4 is 11.8 Å². The summed E-state index contributed by atoms with van der Waals surface area (Å²) in [4.78, 5) is 25.1. The minimum Gasteiger partial charge on any atom is -0.465 e. The lowest BCUT2D eigenvalue weighted by Crippen LogP contribution is -2.48. The largest absolute Gasteiger partial charge is 0.465 e. The number of esters is 1. The van der Waals surface area contributed by atoms with Crippen molar-refractivity contribution in [3.8, 4) is 0 Å². The Labute approximate surface area is 84.2 Å². The van der Waals surface area contributed by atoms with Crippen LogP contribution in [-0.4, -0.2) is 42.9 Å². The van der Waals surface area contributed by atoms with Gasteiger partial charge in [0, 0.05) is 0 Å². The number of piperidine rings is 1. The van der Waals surface area contributed by atoms with Crippen LogP contribution in [0.5, 0.6) is 0 Å². The van der Waals surface area contributed by atoms with Crippen molar-refractivity contribution in [2.45, 2.75) is 26.3 Å². The smallest absolute Gasteiger partial charge is 0.316 e. The van der Waals surface area contributed by atoms with Crippen LogP contribution in [0.2, 0.25) is 0 Å². The molecule has 1 heterocycles. The number of Topliss-reactive ketones (excluding diaryl/α,β-unsaturated/α-hetero) is 1. The zero-order valence-corrected chi connectivity index (χ0v) is 8.95. The molecule has 0 N–H and O–H groups in total. The Morgan fingerprint density at radius 2 is 2.29 bits per heavy atom. The number of likely N-dealkylation sites (N-methyl/N-ethyl adjacent to an activating group) is 1. The number of ketones is 1. The Kier molecular flexibility index (Phi) is 3.63. The summed E-state index contributed by atoms with van der Waals surface area (Å²) in [7, 11) is 1.89. The number of hydrogen-bond acceptors (Lipinski definition) is 4. The van der Waals surface area contributed by atoms with E-state index in [1.807, 2.05) is 18.9 Å². The fourth-order valence-electron chi connectivity index (χ4n) is 1.65. The van der Waals surface area contributed by atoms with E-state index in [0.717, 1.165) is 6.54 Å². The molecule has 0 amide bonds. The molecule has 1 rings (SSSR count). The number of carbonyl (C=O) groups is 2. The predicted molar refractivity (Wildman–Crippen MR) is 51.8 cm³/mol. The molecule has 4 nitrogen and oxygen atoms in total. The van der Waals surface area contributed by atoms with Crippen LogP contribution in [-0.2, 0) is 14.3 Å². The van der Waals surface area contributed by atoms with Gasteiger partial charge in [0.2, 0.25) is 0 Å². The first-order valence-electron chi connectivity index (χ1n) is 4.98. The average Bonchev–Trinajstić information content (AvgIpc) is 2.15. The monoisotopic (exact) mass is 199 g/mol. The van der Waals surface area contributed by atoms with Gasteiger partial charge in [0.05, 0.1) is 12.6 Å². The van der Waals surface area contributed by atoms with Crippen molar-refractivity contribution in [1.29, 1.82) is 0 Å². The van der Waals surface area contributed by atoms with Crippen molar-refractivity contribution in [2.24, 2.45) is 5.92 Å². The summed E-state index contributed by atoms with van der Waals surface area (Å²) in [5.41, 5.74) is 0. The summed E-state index contributed by atoms with van der Waals surface area (Å²) in [6.07, 6.45) is 0.582. The second-order valence-electron chi connectivity index (χ2n) is 3.65. The summed E-state index contributed by atoms with van der Waals surface area (Å²) >= 11 is 0. The van der Waals surface area contributed by atoms with Gasteiger partial charge in [0.25, 0.3) is 0 Å². The van der Waals surface area contributed by atoms with E-state index in [1.54, 1.807) is 6.92 Å². The molecule has 0 bridgehead atoms. The minimum absolute atomic E-state index is 0.0165. The van der Waals surface area contributed by atoms with Crippen LogP contribution in [0.4, 0.5) is 0 Å². The van der Waals surface area contributed by atoms with Crippen LogP contribution in [0.1, 0.15) is 20.3 Å². The number of ether oxygens (including phenoxy) is 1. The van der Waals surface area contributed by atoms with Gasteiger partial charge in [-0.2, -0.15) is 0 Å². The lowest BCUT2D eigenvalue weighted by Gasteiger charge is -2.32. The molecule has 14 heavy (non-hydrogen) atoms. The molecule has 0 aromatic heterocycles. The highest BCUT2D eigenvalue weighted by Gasteiger charge is 2.36. The fourth-order valence-corrected chi connectivity index (χ4v) is 1.65. The van der Waals surface area contributed by atoms with E-state index in [0.29, 0.717) is 13.0 Å². The molecule has 0 spiro atoms. The highest BCUT2D eigenvalue weighted by molar-refractivity contribution is 6.02. The van der Waals surface area contributed by atoms with Crippen LogP contribution >= 0.6 is 0 Å². The Morgan fingerprint density at radius 1 is 1.64 bits per heavy atom. The van der Waals surface area contributed by atoms with Crippen molar-refractivity contribution in [1.82, 2.24) is 4.90 Å². The van der Waals surface area contributed by atoms with Crippen LogP contribution in [0.25, 0.3) is 0 Å². The van der Waals surface area contributed by atoms with E-state index in [9.17, 15) is 9.59 Å². The van der Waals surface area contributed by atoms with Crippen molar-refractivity contribution in [2.75, 3.05) is 20.2 Å². The van der Waals surface area contributed by atoms with Gasteiger partial charge >= 0.3 is 5.97 Å². The molecule has 1 unspecified atom stereocenters. The summed E-state index contributed by atoms with van der Waals surface area (Å²) < 4.78 is 4.86. The highest BCUT2D eigenvalue weighted by Crippen LogP contribution is 2.19. The second-order valence-corrected chi connectivity index (χ2v) is 3.65. The predicted octanol–water partition coefficient (Wildman–Crippen LogP) is 0.459. The Hall–Kier alpha value is -0.900. The third-order valence-electron chi connectivity index (χ3n) is 2.76. The number of likely N-dealkylation sites (tertiary alicyclic amines) is 1. The van der Waals surface area contributed by atoms with Gasteiger partial charge in [0.15, 0.2) is 5.78 Å². The lowest BCUT2D eigenvalue weighted by molar-refractivity contribution is -0.155. The standard InChI is InChI=1S/C10H17NO3/c1-4-14-10(13)8-5-6-11(3)7(2)9(8)12/h7-8H,4-6H2,1-3H3/t7-,8?/m0/s1. The van der Waals surface area contributed by atoms with Crippen LogP contribution in [0, 0.1) is 5.92 Å². The first-order valence-corrected chi connectivity index (χ1v) is 4.98. The molecule has 2 atom stereocenters. The number of hydrogen-bond donors (Lipinski definition) is 0. The highest BCUT2D eigenvalue weighted by atomic mass is 16.5. The normalized spacial score (nSPS) is 28.9. The van der Waals surface area contributed by atoms with E-state index >= 15 is 0 Å². The Morgan fingerprint density at radius 3 is 2.86 bits per heavy atom. The first kappa shape index (κ1) is 11.2. The molecule has 4 heteroatoms. The number of carbonyl (C=O) groups excluding carboxylic acids is 2. The van der Waals surface area contributed by atoms with E-state index in [4.69, 9.17) is 4.74 Å². The van der Waals surface area contributed by atoms with Gasteiger partial charge in [-0.1, -0.05) is 0 Å². The fraction of sp³-hybridized carbons (Fsp3) is 0.800. The molecule has 0 radical (unpaired) electrons. The zero-order chi connectivity index (χ0) is 10.7. The van der Waals surface area contributed by atoms with Gasteiger partial charge in [-0.25, -0.2) is 0 Å². The topological polar surface area (TPSA) is 46.6 Å². The van der Waals surface area contributed by atoms with Crippen LogP contribution in [0.3, 0.4) is 0 Å². The molecule has 1 aliphatic heterocycles. The number of nitrogens with zero attached hydrogens (tertiary/aromatic N) is 1. The minimum atomic E-state index is -0.541. The third-order valence-corrected chi connectivity index (χ3v) is 2.76. The van der Waals surface area contributed by atoms with E-state index < -0.39 is 5.92 Å². The van der Waals surface area contributed by atoms with Crippen molar-refractivity contribution in [3.63, 3.8) is 0 Å². The molecule has 0 saturated carbocycles. The maximum Gasteiger partial charge on any atom is 0.316 e. The van der Waals surface area contributed by atoms with Gasteiger partial charge in [-0.05, 0) is 33.9 Å². The quantitative estimate of drug-likeness (QED) is 0.479. The van der Waals surface area contributed by atoms with Crippen LogP contribution < -0.4 is 0 Å². The van der Waals surface area contributed by atoms with Crippen molar-refractivity contribution in [3.05, 3.63) is 0 Å². The molecule has 0 aliphatic carbocycles. The SMILES string of the molecule is CCOC(=O)C1CCN(C)[C@@H](C)C1=O. The zero-order valence-electron chi connectivity index (χ0n) is 8.95. The molecule has 1 fully saturated rings. The lowest BCUT2D eigenvalue weighted by atomic mass is 9.90. The molecule has 80 valence electrons. The Bertz CT molecular complexity index is 240. The van der Waals surface area contributed by atoms with Gasteiger partial charge < -0.3 is 4.74 Å². The maximum absolute atomic E-state index is 11.7. The summed E-state index contributed by atoms with van der Waals surface area (Å²) in [6.45, 7) is 4.69. The molecular formula is C10H17NO3. The average molecular weight is 199 g/mol. The van der Waals surface area contributed by atoms with E-state index in [2.05, 4.69) is 0 Å². The maximum atomic E-state index is 11.7. The van der Waals surface area contributed by atoms with Crippen LogP contribution in [0.15, 0.2) is 0 Å². The first-order chi connectivity index (χ1) is 6.57. The summed E-state index contributed by atoms with van der Waals surface area (Å²) in [5, 5.41) is 0. The van der Waals surface area contributed by atoms with E-state index in [-0.39, 0.29) is 17.8 Å². The van der Waals surface area contributed by atoms with E-state index in [1.165, 1.54) is 0 Å². The van der Waals surface area contributed by atoms with Gasteiger partial charge in [-0.15, -0.1) is 0 Å². The van der Waals surface area contributed by atoms with Crippen molar-refractivity contribution < 1.29 is 14.3 Å². The molecule has 0 aromatic rings. The Balaban J connectivity index is 2.63. The molecular weight excluding hydrogens is 182 g/mol. The van der Waals surface area contributed by atoms with Gasteiger partial charge in [0.1, 0.15) is 5.92 Å².